The number of aryl methyl sites for hydroxylation is 1. The van der Waals surface area contributed by atoms with Crippen molar-refractivity contribution in [3.8, 4) is 0 Å². The Kier molecular flexibility index (Phi) is 5.14. The van der Waals surface area contributed by atoms with Crippen molar-refractivity contribution in [3.05, 3.63) is 10.0 Å². The van der Waals surface area contributed by atoms with Crippen LogP contribution in [0.25, 0.3) is 0 Å². The predicted molar refractivity (Wildman–Crippen MR) is 59.3 cm³/mol. The van der Waals surface area contributed by atoms with Crippen LogP contribution >= 0.6 is 11.3 Å². The van der Waals surface area contributed by atoms with Crippen LogP contribution in [-0.4, -0.2) is 10.2 Å². The summed E-state index contributed by atoms with van der Waals surface area (Å²) in [7, 11) is 0. The van der Waals surface area contributed by atoms with Crippen LogP contribution in [0, 0.1) is 6.92 Å². The first kappa shape index (κ1) is 12.6. The number of nitrogens with zero attached hydrogens (tertiary/aromatic N) is 2. The van der Waals surface area contributed by atoms with Crippen LogP contribution in [0.2, 0.25) is 0 Å². The van der Waals surface area contributed by atoms with Crippen molar-refractivity contribution in [1.29, 1.82) is 0 Å². The van der Waals surface area contributed by atoms with Gasteiger partial charge >= 0.3 is 0 Å². The minimum Gasteiger partial charge on any atom is -0.144 e. The fourth-order valence-electron chi connectivity index (χ4n) is 0.600. The van der Waals surface area contributed by atoms with Crippen molar-refractivity contribution in [3.63, 3.8) is 0 Å². The molecule has 76 valence electrons. The molecule has 0 aliphatic heterocycles. The maximum absolute atomic E-state index is 4.06. The van der Waals surface area contributed by atoms with E-state index >= 15 is 0 Å². The summed E-state index contributed by atoms with van der Waals surface area (Å²) in [5.74, 6) is 0. The quantitative estimate of drug-likeness (QED) is 0.640. The lowest BCUT2D eigenvalue weighted by Gasteiger charge is -2.12. The zero-order chi connectivity index (χ0) is 10.5. The monoisotopic (exact) mass is 200 g/mol. The molecule has 0 spiro atoms. The standard InChI is InChI=1S/C7H12N2S.C3H8/c1-5-8-9-6(10-5)7(2,3)4;1-3-2/h1-4H3;3H2,1-2H3. The zero-order valence-electron chi connectivity index (χ0n) is 9.51. The van der Waals surface area contributed by atoms with Gasteiger partial charge in [-0.2, -0.15) is 0 Å². The molecule has 0 fully saturated rings. The second-order valence-electron chi connectivity index (χ2n) is 4.08. The molecular formula is C10H20N2S. The molecule has 0 saturated heterocycles. The molecule has 0 atom stereocenters. The summed E-state index contributed by atoms with van der Waals surface area (Å²) in [6, 6.07) is 0. The third kappa shape index (κ3) is 4.98. The highest BCUT2D eigenvalue weighted by molar-refractivity contribution is 7.11. The van der Waals surface area contributed by atoms with Crippen LogP contribution in [0.15, 0.2) is 0 Å². The highest BCUT2D eigenvalue weighted by Gasteiger charge is 2.17. The lowest BCUT2D eigenvalue weighted by molar-refractivity contribution is 0.578. The largest absolute Gasteiger partial charge is 0.144 e. The minimum atomic E-state index is 0.159. The van der Waals surface area contributed by atoms with E-state index in [1.54, 1.807) is 11.3 Å². The van der Waals surface area contributed by atoms with Crippen molar-refractivity contribution < 1.29 is 0 Å². The Morgan fingerprint density at radius 1 is 1.15 bits per heavy atom. The van der Waals surface area contributed by atoms with E-state index in [4.69, 9.17) is 0 Å². The van der Waals surface area contributed by atoms with Gasteiger partial charge in [-0.3, -0.25) is 0 Å². The summed E-state index contributed by atoms with van der Waals surface area (Å²) >= 11 is 1.67. The van der Waals surface area contributed by atoms with Crippen LogP contribution in [-0.2, 0) is 5.41 Å². The second-order valence-corrected chi connectivity index (χ2v) is 5.26. The molecule has 0 bridgehead atoms. The van der Waals surface area contributed by atoms with Gasteiger partial charge in [0.05, 0.1) is 0 Å². The Bertz CT molecular complexity index is 235. The van der Waals surface area contributed by atoms with Crippen LogP contribution in [0.5, 0.6) is 0 Å². The van der Waals surface area contributed by atoms with E-state index in [-0.39, 0.29) is 5.41 Å². The van der Waals surface area contributed by atoms with Gasteiger partial charge in [0, 0.05) is 5.41 Å². The van der Waals surface area contributed by atoms with Crippen LogP contribution in [0.4, 0.5) is 0 Å². The van der Waals surface area contributed by atoms with Gasteiger partial charge in [-0.25, -0.2) is 0 Å². The topological polar surface area (TPSA) is 25.8 Å². The third-order valence-corrected chi connectivity index (χ3v) is 2.43. The van der Waals surface area contributed by atoms with Crippen molar-refractivity contribution >= 4 is 11.3 Å². The first-order valence-corrected chi connectivity index (χ1v) is 5.54. The summed E-state index contributed by atoms with van der Waals surface area (Å²) in [6.45, 7) is 12.7. The molecule has 0 aliphatic carbocycles. The first-order valence-electron chi connectivity index (χ1n) is 4.72. The minimum absolute atomic E-state index is 0.159. The van der Waals surface area contributed by atoms with Crippen molar-refractivity contribution in [2.24, 2.45) is 0 Å². The molecule has 0 saturated carbocycles. The highest BCUT2D eigenvalue weighted by atomic mass is 32.1. The molecule has 0 aliphatic rings. The fraction of sp³-hybridized carbons (Fsp3) is 0.800. The van der Waals surface area contributed by atoms with Crippen molar-refractivity contribution in [2.75, 3.05) is 0 Å². The normalized spacial score (nSPS) is 10.6. The van der Waals surface area contributed by atoms with E-state index < -0.39 is 0 Å². The Balaban J connectivity index is 0.000000424. The third-order valence-electron chi connectivity index (χ3n) is 1.17. The highest BCUT2D eigenvalue weighted by Crippen LogP contribution is 2.24. The Labute approximate surface area is 85.4 Å². The number of aromatic nitrogens is 2. The Morgan fingerprint density at radius 2 is 1.62 bits per heavy atom. The molecule has 0 unspecified atom stereocenters. The molecule has 0 radical (unpaired) electrons. The summed E-state index contributed by atoms with van der Waals surface area (Å²) in [5.41, 5.74) is 0.159. The molecule has 0 amide bonds. The average molecular weight is 200 g/mol. The molecule has 1 rings (SSSR count). The Hall–Kier alpha value is -0.440. The zero-order valence-corrected chi connectivity index (χ0v) is 10.3. The maximum atomic E-state index is 4.06. The van der Waals surface area contributed by atoms with E-state index in [9.17, 15) is 0 Å². The smallest absolute Gasteiger partial charge is 0.122 e. The second kappa shape index (κ2) is 5.32. The van der Waals surface area contributed by atoms with Crippen molar-refractivity contribution in [1.82, 2.24) is 10.2 Å². The molecule has 0 aromatic carbocycles. The lowest BCUT2D eigenvalue weighted by Crippen LogP contribution is -2.10. The number of hydrogen-bond acceptors (Lipinski definition) is 3. The van der Waals surface area contributed by atoms with Gasteiger partial charge in [0.1, 0.15) is 10.0 Å². The SMILES string of the molecule is CCC.Cc1nnc(C(C)(C)C)s1. The fourth-order valence-corrected chi connectivity index (χ4v) is 1.35. The van der Waals surface area contributed by atoms with Crippen LogP contribution in [0.3, 0.4) is 0 Å². The van der Waals surface area contributed by atoms with Gasteiger partial charge in [0.15, 0.2) is 0 Å². The lowest BCUT2D eigenvalue weighted by atomic mass is 9.98. The summed E-state index contributed by atoms with van der Waals surface area (Å²) in [4.78, 5) is 0. The first-order chi connectivity index (χ1) is 5.91. The maximum Gasteiger partial charge on any atom is 0.122 e. The predicted octanol–water partition coefficient (Wildman–Crippen LogP) is 3.56. The van der Waals surface area contributed by atoms with Gasteiger partial charge < -0.3 is 0 Å². The van der Waals surface area contributed by atoms with E-state index in [1.165, 1.54) is 6.42 Å². The van der Waals surface area contributed by atoms with Gasteiger partial charge in [0.25, 0.3) is 0 Å². The molecule has 1 heterocycles. The number of rotatable bonds is 0. The molecule has 13 heavy (non-hydrogen) atoms. The van der Waals surface area contributed by atoms with Gasteiger partial charge in [-0.1, -0.05) is 41.0 Å². The van der Waals surface area contributed by atoms with Crippen LogP contribution < -0.4 is 0 Å². The van der Waals surface area contributed by atoms with E-state index in [0.717, 1.165) is 10.0 Å². The van der Waals surface area contributed by atoms with E-state index in [2.05, 4.69) is 44.8 Å². The molecule has 1 aromatic heterocycles. The molecular weight excluding hydrogens is 180 g/mol. The molecule has 0 N–H and O–H groups in total. The summed E-state index contributed by atoms with van der Waals surface area (Å²) < 4.78 is 0. The van der Waals surface area contributed by atoms with E-state index in [0.29, 0.717) is 0 Å². The summed E-state index contributed by atoms with van der Waals surface area (Å²) in [6.07, 6.45) is 1.25. The average Bonchev–Trinajstić information content (AvgIpc) is 2.35. The summed E-state index contributed by atoms with van der Waals surface area (Å²) in [5, 5.41) is 10.2. The molecule has 2 nitrogen and oxygen atoms in total. The van der Waals surface area contributed by atoms with Gasteiger partial charge in [-0.15, -0.1) is 21.5 Å². The van der Waals surface area contributed by atoms with Gasteiger partial charge in [-0.05, 0) is 6.92 Å². The molecule has 3 heteroatoms. The number of hydrogen-bond donors (Lipinski definition) is 0. The van der Waals surface area contributed by atoms with E-state index in [1.807, 2.05) is 6.92 Å². The van der Waals surface area contributed by atoms with Crippen LogP contribution in [0.1, 0.15) is 51.1 Å². The molecule has 1 aromatic rings. The Morgan fingerprint density at radius 3 is 1.77 bits per heavy atom. The van der Waals surface area contributed by atoms with Crippen molar-refractivity contribution in [2.45, 2.75) is 53.4 Å². The van der Waals surface area contributed by atoms with Gasteiger partial charge in [0.2, 0.25) is 0 Å².